The van der Waals surface area contributed by atoms with Gasteiger partial charge in [0.2, 0.25) is 0 Å². The lowest BCUT2D eigenvalue weighted by Crippen LogP contribution is -2.42. The minimum Gasteiger partial charge on any atom is -0.393 e. The molecule has 7 unspecified atom stereocenters. The van der Waals surface area contributed by atoms with Gasteiger partial charge in [0, 0.05) is 0 Å². The lowest BCUT2D eigenvalue weighted by molar-refractivity contribution is 0.0242. The van der Waals surface area contributed by atoms with Crippen molar-refractivity contribution >= 4 is 0 Å². The van der Waals surface area contributed by atoms with E-state index in [0.29, 0.717) is 23.7 Å². The Morgan fingerprint density at radius 1 is 0.800 bits per heavy atom. The average Bonchev–Trinajstić information content (AvgIpc) is 2.80. The molecule has 0 radical (unpaired) electrons. The second-order valence-corrected chi connectivity index (χ2v) is 7.51. The zero-order chi connectivity index (χ0) is 13.9. The number of fused-ring (bicyclic) bond motifs is 4. The lowest BCUT2D eigenvalue weighted by atomic mass is 9.60. The first-order valence-electron chi connectivity index (χ1n) is 8.42. The van der Waals surface area contributed by atoms with Gasteiger partial charge in [-0.1, -0.05) is 5.57 Å². The highest BCUT2D eigenvalue weighted by Gasteiger charge is 2.49. The van der Waals surface area contributed by atoms with Crippen molar-refractivity contribution in [2.45, 2.75) is 69.7 Å². The Morgan fingerprint density at radius 3 is 2.50 bits per heavy atom. The molecule has 3 saturated carbocycles. The Bertz CT molecular complexity index is 430. The SMILES string of the molecule is OC1CCC2=C3C(O)CC4C(O)CCC4C3CCC2C1. The fraction of sp³-hybridized carbons (Fsp3) is 0.882. The summed E-state index contributed by atoms with van der Waals surface area (Å²) in [5.74, 6) is 1.96. The maximum atomic E-state index is 10.6. The van der Waals surface area contributed by atoms with Gasteiger partial charge < -0.3 is 15.3 Å². The Kier molecular flexibility index (Phi) is 3.21. The van der Waals surface area contributed by atoms with E-state index < -0.39 is 0 Å². The molecular weight excluding hydrogens is 252 g/mol. The van der Waals surface area contributed by atoms with Gasteiger partial charge in [-0.05, 0) is 80.6 Å². The summed E-state index contributed by atoms with van der Waals surface area (Å²) in [7, 11) is 0. The third-order valence-electron chi connectivity index (χ3n) is 6.60. The van der Waals surface area contributed by atoms with Crippen LogP contribution in [0.1, 0.15) is 51.4 Å². The van der Waals surface area contributed by atoms with Crippen molar-refractivity contribution in [1.29, 1.82) is 0 Å². The summed E-state index contributed by atoms with van der Waals surface area (Å²) in [6.45, 7) is 0. The number of aliphatic hydroxyl groups excluding tert-OH is 3. The van der Waals surface area contributed by atoms with Crippen LogP contribution in [0.15, 0.2) is 11.1 Å². The molecule has 4 rings (SSSR count). The molecule has 112 valence electrons. The van der Waals surface area contributed by atoms with E-state index in [0.717, 1.165) is 44.9 Å². The molecule has 7 atom stereocenters. The monoisotopic (exact) mass is 278 g/mol. The van der Waals surface area contributed by atoms with Crippen LogP contribution in [0.3, 0.4) is 0 Å². The minimum absolute atomic E-state index is 0.136. The summed E-state index contributed by atoms with van der Waals surface area (Å²) in [6, 6.07) is 0. The van der Waals surface area contributed by atoms with Crippen molar-refractivity contribution in [2.24, 2.45) is 23.7 Å². The van der Waals surface area contributed by atoms with Crippen molar-refractivity contribution in [1.82, 2.24) is 0 Å². The van der Waals surface area contributed by atoms with Crippen molar-refractivity contribution in [3.63, 3.8) is 0 Å². The largest absolute Gasteiger partial charge is 0.393 e. The summed E-state index contributed by atoms with van der Waals surface area (Å²) in [4.78, 5) is 0. The lowest BCUT2D eigenvalue weighted by Gasteiger charge is -2.47. The number of aliphatic hydroxyl groups is 3. The molecule has 0 aromatic rings. The molecule has 0 aliphatic heterocycles. The molecule has 3 heteroatoms. The molecule has 3 fully saturated rings. The first-order chi connectivity index (χ1) is 9.65. The molecule has 20 heavy (non-hydrogen) atoms. The van der Waals surface area contributed by atoms with E-state index in [1.807, 2.05) is 0 Å². The van der Waals surface area contributed by atoms with Gasteiger partial charge in [0.1, 0.15) is 0 Å². The summed E-state index contributed by atoms with van der Waals surface area (Å²) in [5, 5.41) is 30.7. The summed E-state index contributed by atoms with van der Waals surface area (Å²) in [5.41, 5.74) is 2.82. The normalized spacial score (nSPS) is 51.5. The highest BCUT2D eigenvalue weighted by molar-refractivity contribution is 5.31. The van der Waals surface area contributed by atoms with Gasteiger partial charge in [0.15, 0.2) is 0 Å². The average molecular weight is 278 g/mol. The molecule has 0 heterocycles. The molecular formula is C17H26O3. The molecule has 3 N–H and O–H groups in total. The molecule has 0 saturated heterocycles. The standard InChI is InChI=1S/C17H26O3/c18-10-2-4-11-9(7-10)1-3-13-12-5-6-15(19)14(12)8-16(20)17(11)13/h9-10,12-16,18-20H,1-8H2. The molecule has 4 aliphatic rings. The van der Waals surface area contributed by atoms with Gasteiger partial charge in [0.05, 0.1) is 18.3 Å². The van der Waals surface area contributed by atoms with E-state index in [-0.39, 0.29) is 18.3 Å². The Morgan fingerprint density at radius 2 is 1.65 bits per heavy atom. The first kappa shape index (κ1) is 13.3. The van der Waals surface area contributed by atoms with Crippen LogP contribution in [0, 0.1) is 23.7 Å². The van der Waals surface area contributed by atoms with Gasteiger partial charge in [-0.3, -0.25) is 0 Å². The van der Waals surface area contributed by atoms with Gasteiger partial charge in [0.25, 0.3) is 0 Å². The van der Waals surface area contributed by atoms with E-state index in [4.69, 9.17) is 0 Å². The van der Waals surface area contributed by atoms with Gasteiger partial charge in [-0.2, -0.15) is 0 Å². The van der Waals surface area contributed by atoms with Crippen molar-refractivity contribution in [2.75, 3.05) is 0 Å². The molecule has 0 amide bonds. The summed E-state index contributed by atoms with van der Waals surface area (Å²) < 4.78 is 0. The molecule has 3 nitrogen and oxygen atoms in total. The van der Waals surface area contributed by atoms with Crippen LogP contribution >= 0.6 is 0 Å². The van der Waals surface area contributed by atoms with Gasteiger partial charge in [-0.25, -0.2) is 0 Å². The second kappa shape index (κ2) is 4.82. The molecule has 0 aromatic carbocycles. The van der Waals surface area contributed by atoms with E-state index >= 15 is 0 Å². The quantitative estimate of drug-likeness (QED) is 0.594. The summed E-state index contributed by atoms with van der Waals surface area (Å²) >= 11 is 0. The van der Waals surface area contributed by atoms with Gasteiger partial charge in [-0.15, -0.1) is 0 Å². The molecule has 0 spiro atoms. The van der Waals surface area contributed by atoms with Gasteiger partial charge >= 0.3 is 0 Å². The molecule has 0 aromatic heterocycles. The Balaban J connectivity index is 1.69. The van der Waals surface area contributed by atoms with Crippen LogP contribution in [0.2, 0.25) is 0 Å². The predicted octanol–water partition coefficient (Wildman–Crippen LogP) is 2.01. The summed E-state index contributed by atoms with van der Waals surface area (Å²) in [6.07, 6.45) is 7.23. The maximum absolute atomic E-state index is 10.6. The van der Waals surface area contributed by atoms with Crippen LogP contribution in [-0.2, 0) is 0 Å². The smallest absolute Gasteiger partial charge is 0.0759 e. The first-order valence-corrected chi connectivity index (χ1v) is 8.42. The van der Waals surface area contributed by atoms with Crippen LogP contribution < -0.4 is 0 Å². The maximum Gasteiger partial charge on any atom is 0.0759 e. The number of allylic oxidation sites excluding steroid dienone is 1. The third kappa shape index (κ3) is 1.90. The number of hydrogen-bond acceptors (Lipinski definition) is 3. The van der Waals surface area contributed by atoms with Crippen LogP contribution in [0.4, 0.5) is 0 Å². The van der Waals surface area contributed by atoms with E-state index in [2.05, 4.69) is 0 Å². The predicted molar refractivity (Wildman–Crippen MR) is 75.9 cm³/mol. The minimum atomic E-state index is -0.331. The van der Waals surface area contributed by atoms with Crippen LogP contribution in [-0.4, -0.2) is 33.6 Å². The van der Waals surface area contributed by atoms with E-state index in [9.17, 15) is 15.3 Å². The fourth-order valence-corrected chi connectivity index (χ4v) is 5.76. The third-order valence-corrected chi connectivity index (χ3v) is 6.60. The number of rotatable bonds is 0. The fourth-order valence-electron chi connectivity index (χ4n) is 5.76. The van der Waals surface area contributed by atoms with Crippen LogP contribution in [0.25, 0.3) is 0 Å². The highest BCUT2D eigenvalue weighted by Crippen LogP contribution is 2.55. The Hall–Kier alpha value is -0.380. The number of hydrogen-bond donors (Lipinski definition) is 3. The highest BCUT2D eigenvalue weighted by atomic mass is 16.3. The zero-order valence-corrected chi connectivity index (χ0v) is 12.0. The van der Waals surface area contributed by atoms with Crippen LogP contribution in [0.5, 0.6) is 0 Å². The second-order valence-electron chi connectivity index (χ2n) is 7.51. The Labute approximate surface area is 120 Å². The van der Waals surface area contributed by atoms with Crippen molar-refractivity contribution < 1.29 is 15.3 Å². The zero-order valence-electron chi connectivity index (χ0n) is 12.0. The molecule has 0 bridgehead atoms. The molecule has 4 aliphatic carbocycles. The van der Waals surface area contributed by atoms with Crippen molar-refractivity contribution in [3.8, 4) is 0 Å². The topological polar surface area (TPSA) is 60.7 Å². The van der Waals surface area contributed by atoms with Crippen molar-refractivity contribution in [3.05, 3.63) is 11.1 Å². The van der Waals surface area contributed by atoms with E-state index in [1.54, 1.807) is 0 Å². The van der Waals surface area contributed by atoms with E-state index in [1.165, 1.54) is 17.6 Å².